The average Bonchev–Trinajstić information content (AvgIpc) is 2.08. The van der Waals surface area contributed by atoms with Gasteiger partial charge in [-0.1, -0.05) is 0 Å². The summed E-state index contributed by atoms with van der Waals surface area (Å²) in [6.07, 6.45) is 0. The third kappa shape index (κ3) is 1.40. The van der Waals surface area contributed by atoms with Crippen molar-refractivity contribution in [3.63, 3.8) is 0 Å². The molecule has 2 nitrogen and oxygen atoms in total. The van der Waals surface area contributed by atoms with Crippen molar-refractivity contribution < 1.29 is 0 Å². The predicted molar refractivity (Wildman–Crippen MR) is 50.4 cm³/mol. The van der Waals surface area contributed by atoms with Crippen LogP contribution < -0.4 is 0 Å². The third-order valence-electron chi connectivity index (χ3n) is 1.38. The number of benzene rings is 1. The minimum Gasteiger partial charge on any atom is -0.192 e. The summed E-state index contributed by atoms with van der Waals surface area (Å²) in [5, 5.41) is 17.3. The topological polar surface area (TPSA) is 47.6 Å². The van der Waals surface area contributed by atoms with E-state index in [0.29, 0.717) is 9.79 Å². The third-order valence-corrected chi connectivity index (χ3v) is 2.13. The maximum Gasteiger partial charge on any atom is 0.102 e. The molecule has 0 aliphatic rings. The molecular formula is C8H4N2S2. The Morgan fingerprint density at radius 2 is 1.25 bits per heavy atom. The van der Waals surface area contributed by atoms with Crippen LogP contribution >= 0.6 is 25.3 Å². The zero-order valence-corrected chi connectivity index (χ0v) is 7.73. The molecule has 0 spiro atoms. The van der Waals surface area contributed by atoms with Crippen LogP contribution in [0, 0.1) is 22.7 Å². The average molecular weight is 192 g/mol. The number of thiol groups is 2. The Morgan fingerprint density at radius 1 is 0.917 bits per heavy atom. The van der Waals surface area contributed by atoms with Crippen LogP contribution in [0.25, 0.3) is 0 Å². The molecule has 0 bridgehead atoms. The van der Waals surface area contributed by atoms with Crippen LogP contribution in [0.5, 0.6) is 0 Å². The van der Waals surface area contributed by atoms with Crippen LogP contribution in [0.1, 0.15) is 11.1 Å². The Hall–Kier alpha value is -1.10. The first-order valence-corrected chi connectivity index (χ1v) is 3.95. The van der Waals surface area contributed by atoms with Gasteiger partial charge in [0.1, 0.15) is 12.1 Å². The van der Waals surface area contributed by atoms with E-state index in [0.717, 1.165) is 0 Å². The molecule has 0 aromatic heterocycles. The summed E-state index contributed by atoms with van der Waals surface area (Å²) in [6, 6.07) is 7.10. The zero-order chi connectivity index (χ0) is 9.14. The van der Waals surface area contributed by atoms with Gasteiger partial charge in [0, 0.05) is 9.79 Å². The van der Waals surface area contributed by atoms with Gasteiger partial charge in [0.15, 0.2) is 0 Å². The lowest BCUT2D eigenvalue weighted by Gasteiger charge is -2.00. The number of nitriles is 2. The van der Waals surface area contributed by atoms with E-state index in [1.54, 1.807) is 12.1 Å². The molecule has 4 heteroatoms. The Balaban J connectivity index is 3.55. The SMILES string of the molecule is N#Cc1c(S)ccc(S)c1C#N. The van der Waals surface area contributed by atoms with Gasteiger partial charge in [0.25, 0.3) is 0 Å². The maximum atomic E-state index is 8.67. The molecule has 0 radical (unpaired) electrons. The van der Waals surface area contributed by atoms with Crippen molar-refractivity contribution in [2.75, 3.05) is 0 Å². The molecule has 1 rings (SSSR count). The van der Waals surface area contributed by atoms with Crippen LogP contribution in [0.3, 0.4) is 0 Å². The summed E-state index contributed by atoms with van der Waals surface area (Å²) in [5.74, 6) is 0. The Kier molecular flexibility index (Phi) is 2.65. The predicted octanol–water partition coefficient (Wildman–Crippen LogP) is 2.01. The fraction of sp³-hybridized carbons (Fsp3) is 0. The van der Waals surface area contributed by atoms with E-state index in [2.05, 4.69) is 25.3 Å². The van der Waals surface area contributed by atoms with Gasteiger partial charge in [0.05, 0.1) is 11.1 Å². The molecule has 0 aliphatic heterocycles. The van der Waals surface area contributed by atoms with Gasteiger partial charge in [-0.3, -0.25) is 0 Å². The molecule has 0 aliphatic carbocycles. The lowest BCUT2D eigenvalue weighted by atomic mass is 10.1. The van der Waals surface area contributed by atoms with E-state index in [1.165, 1.54) is 0 Å². The molecule has 1 aromatic carbocycles. The monoisotopic (exact) mass is 192 g/mol. The second kappa shape index (κ2) is 3.53. The first kappa shape index (κ1) is 8.99. The summed E-state index contributed by atoms with van der Waals surface area (Å²) in [7, 11) is 0. The van der Waals surface area contributed by atoms with Gasteiger partial charge in [-0.05, 0) is 12.1 Å². The number of hydrogen-bond acceptors (Lipinski definition) is 4. The van der Waals surface area contributed by atoms with Gasteiger partial charge in [-0.15, -0.1) is 25.3 Å². The van der Waals surface area contributed by atoms with Crippen molar-refractivity contribution in [3.8, 4) is 12.1 Å². The molecule has 0 saturated heterocycles. The molecule has 0 saturated carbocycles. The highest BCUT2D eigenvalue weighted by Crippen LogP contribution is 2.22. The molecule has 0 amide bonds. The molecule has 0 unspecified atom stereocenters. The summed E-state index contributed by atoms with van der Waals surface area (Å²) < 4.78 is 0. The standard InChI is InChI=1S/C8H4N2S2/c9-3-5-6(4-10)8(12)2-1-7(5)11/h1-2,11-12H. The van der Waals surface area contributed by atoms with Crippen LogP contribution in [0.2, 0.25) is 0 Å². The Labute approximate surface area is 81.3 Å². The molecule has 0 N–H and O–H groups in total. The van der Waals surface area contributed by atoms with Gasteiger partial charge in [0.2, 0.25) is 0 Å². The lowest BCUT2D eigenvalue weighted by Crippen LogP contribution is -1.87. The van der Waals surface area contributed by atoms with E-state index in [4.69, 9.17) is 10.5 Å². The summed E-state index contributed by atoms with van der Waals surface area (Å²) in [6.45, 7) is 0. The quantitative estimate of drug-likeness (QED) is 0.618. The maximum absolute atomic E-state index is 8.67. The van der Waals surface area contributed by atoms with Crippen molar-refractivity contribution in [2.45, 2.75) is 9.79 Å². The molecule has 12 heavy (non-hydrogen) atoms. The highest BCUT2D eigenvalue weighted by molar-refractivity contribution is 7.80. The highest BCUT2D eigenvalue weighted by Gasteiger charge is 2.07. The molecule has 58 valence electrons. The summed E-state index contributed by atoms with van der Waals surface area (Å²) in [4.78, 5) is 1.01. The van der Waals surface area contributed by atoms with Crippen molar-refractivity contribution >= 4 is 25.3 Å². The van der Waals surface area contributed by atoms with Gasteiger partial charge >= 0.3 is 0 Å². The van der Waals surface area contributed by atoms with Crippen LogP contribution in [-0.2, 0) is 0 Å². The van der Waals surface area contributed by atoms with E-state index in [1.807, 2.05) is 12.1 Å². The van der Waals surface area contributed by atoms with Gasteiger partial charge < -0.3 is 0 Å². The summed E-state index contributed by atoms with van der Waals surface area (Å²) >= 11 is 8.08. The second-order valence-electron chi connectivity index (χ2n) is 2.08. The van der Waals surface area contributed by atoms with E-state index < -0.39 is 0 Å². The fourth-order valence-electron chi connectivity index (χ4n) is 0.807. The molecule has 0 heterocycles. The van der Waals surface area contributed by atoms with Crippen LogP contribution in [-0.4, -0.2) is 0 Å². The second-order valence-corrected chi connectivity index (χ2v) is 3.04. The van der Waals surface area contributed by atoms with E-state index >= 15 is 0 Å². The van der Waals surface area contributed by atoms with Crippen molar-refractivity contribution in [1.29, 1.82) is 10.5 Å². The fourth-order valence-corrected chi connectivity index (χ4v) is 1.28. The number of nitrogens with zero attached hydrogens (tertiary/aromatic N) is 2. The van der Waals surface area contributed by atoms with Gasteiger partial charge in [-0.25, -0.2) is 0 Å². The Morgan fingerprint density at radius 3 is 1.50 bits per heavy atom. The zero-order valence-electron chi connectivity index (χ0n) is 5.94. The van der Waals surface area contributed by atoms with Crippen LogP contribution in [0.4, 0.5) is 0 Å². The minimum atomic E-state index is 0.285. The smallest absolute Gasteiger partial charge is 0.102 e. The first-order chi connectivity index (χ1) is 5.70. The molecule has 0 fully saturated rings. The Bertz CT molecular complexity index is 360. The minimum absolute atomic E-state index is 0.285. The van der Waals surface area contributed by atoms with Crippen molar-refractivity contribution in [3.05, 3.63) is 23.3 Å². The van der Waals surface area contributed by atoms with E-state index in [-0.39, 0.29) is 11.1 Å². The van der Waals surface area contributed by atoms with E-state index in [9.17, 15) is 0 Å². The largest absolute Gasteiger partial charge is 0.192 e. The van der Waals surface area contributed by atoms with Crippen molar-refractivity contribution in [2.24, 2.45) is 0 Å². The number of hydrogen-bond donors (Lipinski definition) is 2. The first-order valence-electron chi connectivity index (χ1n) is 3.06. The lowest BCUT2D eigenvalue weighted by molar-refractivity contribution is 1.26. The normalized spacial score (nSPS) is 8.67. The number of rotatable bonds is 0. The molecule has 0 atom stereocenters. The van der Waals surface area contributed by atoms with Gasteiger partial charge in [-0.2, -0.15) is 10.5 Å². The molecular weight excluding hydrogens is 188 g/mol. The molecule has 1 aromatic rings. The van der Waals surface area contributed by atoms with Crippen LogP contribution in [0.15, 0.2) is 21.9 Å². The highest BCUT2D eigenvalue weighted by atomic mass is 32.1. The van der Waals surface area contributed by atoms with Crippen molar-refractivity contribution in [1.82, 2.24) is 0 Å². The summed E-state index contributed by atoms with van der Waals surface area (Å²) in [5.41, 5.74) is 0.571.